The molecular formula is C18H22ClN3O2. The van der Waals surface area contributed by atoms with Gasteiger partial charge in [0, 0.05) is 23.7 Å². The highest BCUT2D eigenvalue weighted by Crippen LogP contribution is 2.29. The average molecular weight is 348 g/mol. The van der Waals surface area contributed by atoms with Gasteiger partial charge in [0.1, 0.15) is 0 Å². The lowest BCUT2D eigenvalue weighted by Gasteiger charge is -2.13. The Morgan fingerprint density at radius 3 is 2.58 bits per heavy atom. The molecular weight excluding hydrogens is 326 g/mol. The second-order valence-corrected chi connectivity index (χ2v) is 5.52. The van der Waals surface area contributed by atoms with E-state index in [4.69, 9.17) is 16.3 Å². The standard InChI is InChI=1S/C18H22ClN3O2/c1-3-20-18(21-11-13-7-4-5-9-15(13)19)22-12-14-8-6-10-16(24-2)17(14)23/h4-10,23H,3,11-12H2,1-2H3,(H2,20,21,22). The van der Waals surface area contributed by atoms with Crippen LogP contribution in [0.25, 0.3) is 0 Å². The number of phenolic OH excluding ortho intramolecular Hbond substituents is 1. The molecule has 2 aromatic rings. The average Bonchev–Trinajstić information content (AvgIpc) is 2.59. The molecule has 0 heterocycles. The second kappa shape index (κ2) is 9.03. The monoisotopic (exact) mass is 347 g/mol. The van der Waals surface area contributed by atoms with Crippen molar-refractivity contribution in [1.82, 2.24) is 10.6 Å². The van der Waals surface area contributed by atoms with Crippen LogP contribution in [0.15, 0.2) is 47.5 Å². The molecule has 0 aromatic heterocycles. The number of benzene rings is 2. The summed E-state index contributed by atoms with van der Waals surface area (Å²) < 4.78 is 5.11. The molecule has 0 atom stereocenters. The zero-order chi connectivity index (χ0) is 17.4. The molecule has 0 bridgehead atoms. The van der Waals surface area contributed by atoms with Crippen LogP contribution in [0.1, 0.15) is 18.1 Å². The summed E-state index contributed by atoms with van der Waals surface area (Å²) in [6.45, 7) is 3.63. The van der Waals surface area contributed by atoms with Crippen molar-refractivity contribution in [3.63, 3.8) is 0 Å². The first-order valence-electron chi connectivity index (χ1n) is 7.76. The van der Waals surface area contributed by atoms with E-state index in [0.717, 1.165) is 12.1 Å². The van der Waals surface area contributed by atoms with E-state index in [9.17, 15) is 5.11 Å². The highest BCUT2D eigenvalue weighted by molar-refractivity contribution is 6.31. The number of hydrogen-bond donors (Lipinski definition) is 3. The van der Waals surface area contributed by atoms with Crippen molar-refractivity contribution in [2.45, 2.75) is 20.0 Å². The minimum absolute atomic E-state index is 0.116. The van der Waals surface area contributed by atoms with Gasteiger partial charge in [0.25, 0.3) is 0 Å². The molecule has 0 aliphatic heterocycles. The fourth-order valence-corrected chi connectivity index (χ4v) is 2.39. The highest BCUT2D eigenvalue weighted by atomic mass is 35.5. The maximum Gasteiger partial charge on any atom is 0.191 e. The predicted molar refractivity (Wildman–Crippen MR) is 97.8 cm³/mol. The topological polar surface area (TPSA) is 65.9 Å². The zero-order valence-corrected chi connectivity index (χ0v) is 14.6. The van der Waals surface area contributed by atoms with E-state index < -0.39 is 0 Å². The Labute approximate surface area is 147 Å². The first-order valence-corrected chi connectivity index (χ1v) is 8.14. The molecule has 5 nitrogen and oxygen atoms in total. The Bertz CT molecular complexity index is 704. The smallest absolute Gasteiger partial charge is 0.191 e. The number of nitrogens with one attached hydrogen (secondary N) is 2. The molecule has 6 heteroatoms. The van der Waals surface area contributed by atoms with Crippen LogP contribution >= 0.6 is 11.6 Å². The van der Waals surface area contributed by atoms with Crippen LogP contribution in [-0.2, 0) is 13.1 Å². The third-order valence-corrected chi connectivity index (χ3v) is 3.83. The molecule has 0 spiro atoms. The van der Waals surface area contributed by atoms with Crippen LogP contribution in [0.4, 0.5) is 0 Å². The molecule has 0 aliphatic carbocycles. The number of hydrogen-bond acceptors (Lipinski definition) is 3. The molecule has 3 N–H and O–H groups in total. The van der Waals surface area contributed by atoms with Crippen LogP contribution in [0, 0.1) is 0 Å². The van der Waals surface area contributed by atoms with Crippen molar-refractivity contribution < 1.29 is 9.84 Å². The van der Waals surface area contributed by atoms with Crippen LogP contribution < -0.4 is 15.4 Å². The number of aromatic hydroxyl groups is 1. The number of ether oxygens (including phenoxy) is 1. The summed E-state index contributed by atoms with van der Waals surface area (Å²) in [6, 6.07) is 13.0. The minimum Gasteiger partial charge on any atom is -0.504 e. The molecule has 0 aliphatic rings. The Morgan fingerprint density at radius 1 is 1.12 bits per heavy atom. The lowest BCUT2D eigenvalue weighted by Crippen LogP contribution is -2.36. The Hall–Kier alpha value is -2.40. The second-order valence-electron chi connectivity index (χ2n) is 5.11. The summed E-state index contributed by atoms with van der Waals surface area (Å²) >= 11 is 6.16. The van der Waals surface area contributed by atoms with Gasteiger partial charge in [-0.05, 0) is 24.6 Å². The maximum atomic E-state index is 10.1. The van der Waals surface area contributed by atoms with Gasteiger partial charge in [-0.1, -0.05) is 41.9 Å². The summed E-state index contributed by atoms with van der Waals surface area (Å²) in [4.78, 5) is 4.50. The normalized spacial score (nSPS) is 11.2. The van der Waals surface area contributed by atoms with E-state index in [1.165, 1.54) is 7.11 Å². The molecule has 2 rings (SSSR count). The maximum absolute atomic E-state index is 10.1. The summed E-state index contributed by atoms with van der Waals surface area (Å²) in [5.41, 5.74) is 1.69. The van der Waals surface area contributed by atoms with Gasteiger partial charge in [-0.15, -0.1) is 0 Å². The number of halogens is 1. The fraction of sp³-hybridized carbons (Fsp3) is 0.278. The lowest BCUT2D eigenvalue weighted by molar-refractivity contribution is 0.370. The van der Waals surface area contributed by atoms with Gasteiger partial charge >= 0.3 is 0 Å². The molecule has 2 aromatic carbocycles. The van der Waals surface area contributed by atoms with Gasteiger partial charge in [-0.25, -0.2) is 4.99 Å². The lowest BCUT2D eigenvalue weighted by atomic mass is 10.2. The molecule has 0 saturated heterocycles. The molecule has 128 valence electrons. The Kier molecular flexibility index (Phi) is 6.75. The number of guanidine groups is 1. The summed E-state index contributed by atoms with van der Waals surface area (Å²) in [7, 11) is 1.53. The van der Waals surface area contributed by atoms with E-state index in [0.29, 0.717) is 35.4 Å². The van der Waals surface area contributed by atoms with Crippen molar-refractivity contribution in [2.24, 2.45) is 4.99 Å². The summed E-state index contributed by atoms with van der Waals surface area (Å²) in [5, 5.41) is 17.2. The Balaban J connectivity index is 2.07. The number of methoxy groups -OCH3 is 1. The first-order chi connectivity index (χ1) is 11.7. The largest absolute Gasteiger partial charge is 0.504 e. The molecule has 0 unspecified atom stereocenters. The van der Waals surface area contributed by atoms with E-state index in [2.05, 4.69) is 15.6 Å². The summed E-state index contributed by atoms with van der Waals surface area (Å²) in [5.74, 6) is 1.21. The summed E-state index contributed by atoms with van der Waals surface area (Å²) in [6.07, 6.45) is 0. The van der Waals surface area contributed by atoms with Crippen LogP contribution in [-0.4, -0.2) is 24.7 Å². The van der Waals surface area contributed by atoms with Gasteiger partial charge in [-0.3, -0.25) is 0 Å². The quantitative estimate of drug-likeness (QED) is 0.554. The van der Waals surface area contributed by atoms with Crippen molar-refractivity contribution in [3.05, 3.63) is 58.6 Å². The van der Waals surface area contributed by atoms with E-state index in [1.807, 2.05) is 43.3 Å². The molecule has 0 radical (unpaired) electrons. The van der Waals surface area contributed by atoms with Gasteiger partial charge in [0.15, 0.2) is 17.5 Å². The van der Waals surface area contributed by atoms with E-state index >= 15 is 0 Å². The number of nitrogens with zero attached hydrogens (tertiary/aromatic N) is 1. The third-order valence-electron chi connectivity index (χ3n) is 3.46. The van der Waals surface area contributed by atoms with Crippen LogP contribution in [0.3, 0.4) is 0 Å². The van der Waals surface area contributed by atoms with E-state index in [-0.39, 0.29) is 5.75 Å². The molecule has 0 amide bonds. The van der Waals surface area contributed by atoms with E-state index in [1.54, 1.807) is 6.07 Å². The predicted octanol–water partition coefficient (Wildman–Crippen LogP) is 3.31. The van der Waals surface area contributed by atoms with Crippen LogP contribution in [0.2, 0.25) is 5.02 Å². The first kappa shape index (κ1) is 17.9. The molecule has 0 fully saturated rings. The highest BCUT2D eigenvalue weighted by Gasteiger charge is 2.07. The van der Waals surface area contributed by atoms with Gasteiger partial charge in [0.05, 0.1) is 13.7 Å². The zero-order valence-electron chi connectivity index (χ0n) is 13.8. The number of phenols is 1. The van der Waals surface area contributed by atoms with Gasteiger partial charge < -0.3 is 20.5 Å². The molecule has 0 saturated carbocycles. The fourth-order valence-electron chi connectivity index (χ4n) is 2.19. The van der Waals surface area contributed by atoms with Gasteiger partial charge in [-0.2, -0.15) is 0 Å². The van der Waals surface area contributed by atoms with Crippen molar-refractivity contribution in [3.8, 4) is 11.5 Å². The van der Waals surface area contributed by atoms with Crippen LogP contribution in [0.5, 0.6) is 11.5 Å². The SMILES string of the molecule is CCNC(=NCc1cccc(OC)c1O)NCc1ccccc1Cl. The Morgan fingerprint density at radius 2 is 1.88 bits per heavy atom. The van der Waals surface area contributed by atoms with Gasteiger partial charge in [0.2, 0.25) is 0 Å². The third kappa shape index (κ3) is 4.80. The number of aliphatic imine (C=N–C) groups is 1. The van der Waals surface area contributed by atoms with Crippen molar-refractivity contribution in [1.29, 1.82) is 0 Å². The minimum atomic E-state index is 0.116. The molecule has 24 heavy (non-hydrogen) atoms. The number of rotatable bonds is 6. The van der Waals surface area contributed by atoms with Crippen molar-refractivity contribution in [2.75, 3.05) is 13.7 Å². The number of para-hydroxylation sites is 1. The van der Waals surface area contributed by atoms with Crippen molar-refractivity contribution >= 4 is 17.6 Å².